The summed E-state index contributed by atoms with van der Waals surface area (Å²) in [6, 6.07) is 7.25. The van der Waals surface area contributed by atoms with Gasteiger partial charge in [0.15, 0.2) is 0 Å². The van der Waals surface area contributed by atoms with Crippen LogP contribution >= 0.6 is 11.3 Å². The number of thiazole rings is 1. The topological polar surface area (TPSA) is 86.2 Å². The first-order chi connectivity index (χ1) is 12.7. The number of pyridine rings is 2. The van der Waals surface area contributed by atoms with E-state index in [0.29, 0.717) is 24.8 Å². The Morgan fingerprint density at radius 3 is 2.88 bits per heavy atom. The third-order valence-corrected chi connectivity index (χ3v) is 4.30. The molecule has 0 fully saturated rings. The van der Waals surface area contributed by atoms with Crippen molar-refractivity contribution in [2.75, 3.05) is 25.6 Å². The summed E-state index contributed by atoms with van der Waals surface area (Å²) >= 11 is 1.49. The molecule has 3 heterocycles. The molecular weight excluding hydrogens is 352 g/mol. The van der Waals surface area contributed by atoms with Crippen molar-refractivity contribution in [2.45, 2.75) is 6.42 Å². The van der Waals surface area contributed by atoms with E-state index in [1.807, 2.05) is 17.5 Å². The van der Waals surface area contributed by atoms with E-state index in [1.165, 1.54) is 11.3 Å². The molecule has 7 nitrogen and oxygen atoms in total. The van der Waals surface area contributed by atoms with Gasteiger partial charge in [-0.2, -0.15) is 0 Å². The third kappa shape index (κ3) is 5.08. The van der Waals surface area contributed by atoms with Crippen LogP contribution in [-0.4, -0.2) is 41.2 Å². The highest BCUT2D eigenvalue weighted by Gasteiger charge is 2.10. The molecule has 134 valence electrons. The van der Waals surface area contributed by atoms with E-state index in [0.717, 1.165) is 16.3 Å². The summed E-state index contributed by atoms with van der Waals surface area (Å²) in [4.78, 5) is 24.9. The number of nitrogens with zero attached hydrogens (tertiary/aromatic N) is 3. The zero-order chi connectivity index (χ0) is 18.2. The molecule has 0 aliphatic carbocycles. The normalized spacial score (nSPS) is 10.5. The molecule has 1 N–H and O–H groups in total. The number of nitrogens with one attached hydrogen (secondary N) is 1. The Morgan fingerprint density at radius 2 is 2.15 bits per heavy atom. The maximum Gasteiger partial charge on any atom is 0.230 e. The minimum absolute atomic E-state index is 0.150. The van der Waals surface area contributed by atoms with E-state index >= 15 is 0 Å². The van der Waals surface area contributed by atoms with E-state index in [1.54, 1.807) is 37.8 Å². The number of hydrogen-bond acceptors (Lipinski definition) is 7. The molecule has 0 radical (unpaired) electrons. The number of rotatable bonds is 8. The van der Waals surface area contributed by atoms with Gasteiger partial charge in [-0.05, 0) is 18.2 Å². The quantitative estimate of drug-likeness (QED) is 0.614. The summed E-state index contributed by atoms with van der Waals surface area (Å²) in [6.07, 6.45) is 5.23. The Bertz CT molecular complexity index is 837. The number of methoxy groups -OCH3 is 1. The van der Waals surface area contributed by atoms with Gasteiger partial charge in [0.05, 0.1) is 30.6 Å². The molecule has 0 atom stereocenters. The van der Waals surface area contributed by atoms with Crippen molar-refractivity contribution in [2.24, 2.45) is 0 Å². The second-order valence-corrected chi connectivity index (χ2v) is 6.20. The van der Waals surface area contributed by atoms with Gasteiger partial charge in [0.25, 0.3) is 0 Å². The first-order valence-corrected chi connectivity index (χ1v) is 8.85. The van der Waals surface area contributed by atoms with Gasteiger partial charge in [-0.1, -0.05) is 0 Å². The fraction of sp³-hybridized carbons (Fsp3) is 0.222. The van der Waals surface area contributed by atoms with Gasteiger partial charge in [-0.15, -0.1) is 11.3 Å². The van der Waals surface area contributed by atoms with Crippen LogP contribution in [0.4, 0.5) is 5.69 Å². The minimum Gasteiger partial charge on any atom is -0.475 e. The van der Waals surface area contributed by atoms with E-state index in [4.69, 9.17) is 9.47 Å². The number of ether oxygens (including phenoxy) is 2. The van der Waals surface area contributed by atoms with Gasteiger partial charge in [0.1, 0.15) is 11.6 Å². The van der Waals surface area contributed by atoms with Gasteiger partial charge >= 0.3 is 0 Å². The molecule has 3 aromatic rings. The lowest BCUT2D eigenvalue weighted by molar-refractivity contribution is -0.115. The second kappa shape index (κ2) is 9.02. The highest BCUT2D eigenvalue weighted by Crippen LogP contribution is 2.23. The number of hydrogen-bond donors (Lipinski definition) is 1. The molecular formula is C18H18N4O3S. The highest BCUT2D eigenvalue weighted by molar-refractivity contribution is 7.13. The Morgan fingerprint density at radius 1 is 1.23 bits per heavy atom. The second-order valence-electron chi connectivity index (χ2n) is 5.34. The van der Waals surface area contributed by atoms with Gasteiger partial charge < -0.3 is 14.8 Å². The average Bonchev–Trinajstić information content (AvgIpc) is 3.12. The largest absolute Gasteiger partial charge is 0.475 e. The van der Waals surface area contributed by atoms with Crippen LogP contribution in [0.15, 0.2) is 48.2 Å². The summed E-state index contributed by atoms with van der Waals surface area (Å²) in [5.41, 5.74) is 2.27. The lowest BCUT2D eigenvalue weighted by atomic mass is 10.3. The van der Waals surface area contributed by atoms with Crippen molar-refractivity contribution in [3.63, 3.8) is 0 Å². The number of aromatic nitrogens is 3. The molecule has 0 unspecified atom stereocenters. The van der Waals surface area contributed by atoms with Crippen molar-refractivity contribution >= 4 is 22.9 Å². The Balaban J connectivity index is 1.53. The number of amides is 1. The number of carbonyl (C=O) groups excluding carboxylic acids is 1. The minimum atomic E-state index is -0.150. The molecule has 0 aromatic carbocycles. The summed E-state index contributed by atoms with van der Waals surface area (Å²) in [5, 5.41) is 5.53. The summed E-state index contributed by atoms with van der Waals surface area (Å²) in [7, 11) is 1.61. The van der Waals surface area contributed by atoms with Gasteiger partial charge in [0.2, 0.25) is 11.8 Å². The first-order valence-electron chi connectivity index (χ1n) is 7.97. The van der Waals surface area contributed by atoms with Crippen LogP contribution in [0.3, 0.4) is 0 Å². The molecule has 3 aromatic heterocycles. The van der Waals surface area contributed by atoms with Crippen LogP contribution in [0.1, 0.15) is 5.69 Å². The maximum absolute atomic E-state index is 12.2. The van der Waals surface area contributed by atoms with Crippen LogP contribution in [0.5, 0.6) is 5.88 Å². The Kier molecular flexibility index (Phi) is 6.24. The fourth-order valence-electron chi connectivity index (χ4n) is 2.15. The van der Waals surface area contributed by atoms with Gasteiger partial charge in [0, 0.05) is 36.5 Å². The zero-order valence-electron chi connectivity index (χ0n) is 14.2. The zero-order valence-corrected chi connectivity index (χ0v) is 15.0. The van der Waals surface area contributed by atoms with Crippen LogP contribution in [0.25, 0.3) is 10.6 Å². The maximum atomic E-state index is 12.2. The molecule has 0 saturated heterocycles. The van der Waals surface area contributed by atoms with Gasteiger partial charge in [-0.25, -0.2) is 9.97 Å². The molecule has 0 saturated carbocycles. The van der Waals surface area contributed by atoms with Crippen molar-refractivity contribution in [3.8, 4) is 16.5 Å². The standard InChI is InChI=1S/C18H18N4O3S/c1-24-7-8-25-17-5-4-14(11-20-17)21-16(23)9-15-12-26-18(22-15)13-3-2-6-19-10-13/h2-6,10-12H,7-9H2,1H3,(H,21,23). The summed E-state index contributed by atoms with van der Waals surface area (Å²) < 4.78 is 10.3. The summed E-state index contributed by atoms with van der Waals surface area (Å²) in [6.45, 7) is 0.924. The van der Waals surface area contributed by atoms with E-state index in [9.17, 15) is 4.79 Å². The fourth-order valence-corrected chi connectivity index (χ4v) is 2.96. The number of anilines is 1. The molecule has 1 amide bonds. The van der Waals surface area contributed by atoms with Crippen LogP contribution in [0.2, 0.25) is 0 Å². The molecule has 0 spiro atoms. The lowest BCUT2D eigenvalue weighted by Crippen LogP contribution is -2.14. The Labute approximate surface area is 155 Å². The van der Waals surface area contributed by atoms with Crippen molar-refractivity contribution in [1.82, 2.24) is 15.0 Å². The molecule has 0 aliphatic rings. The third-order valence-electron chi connectivity index (χ3n) is 3.36. The monoisotopic (exact) mass is 370 g/mol. The molecule has 26 heavy (non-hydrogen) atoms. The van der Waals surface area contributed by atoms with E-state index < -0.39 is 0 Å². The smallest absolute Gasteiger partial charge is 0.230 e. The Hall–Kier alpha value is -2.84. The van der Waals surface area contributed by atoms with E-state index in [2.05, 4.69) is 20.3 Å². The van der Waals surface area contributed by atoms with Crippen molar-refractivity contribution in [1.29, 1.82) is 0 Å². The average molecular weight is 370 g/mol. The van der Waals surface area contributed by atoms with Crippen LogP contribution in [0, 0.1) is 0 Å². The molecule has 0 aliphatic heterocycles. The molecule has 8 heteroatoms. The SMILES string of the molecule is COCCOc1ccc(NC(=O)Cc2csc(-c3cccnc3)n2)cn1. The van der Waals surface area contributed by atoms with Crippen LogP contribution < -0.4 is 10.1 Å². The molecule has 3 rings (SSSR count). The first kappa shape index (κ1) is 18.0. The lowest BCUT2D eigenvalue weighted by Gasteiger charge is -2.06. The van der Waals surface area contributed by atoms with Crippen molar-refractivity contribution < 1.29 is 14.3 Å². The predicted octanol–water partition coefficient (Wildman–Crippen LogP) is 2.81. The summed E-state index contributed by atoms with van der Waals surface area (Å²) in [5.74, 6) is 0.337. The number of carbonyl (C=O) groups is 1. The highest BCUT2D eigenvalue weighted by atomic mass is 32.1. The van der Waals surface area contributed by atoms with E-state index in [-0.39, 0.29) is 12.3 Å². The van der Waals surface area contributed by atoms with Gasteiger partial charge in [-0.3, -0.25) is 9.78 Å². The van der Waals surface area contributed by atoms with Crippen LogP contribution in [-0.2, 0) is 16.0 Å². The molecule has 0 bridgehead atoms. The predicted molar refractivity (Wildman–Crippen MR) is 99.3 cm³/mol. The van der Waals surface area contributed by atoms with Crippen molar-refractivity contribution in [3.05, 3.63) is 53.9 Å².